The van der Waals surface area contributed by atoms with E-state index in [4.69, 9.17) is 4.74 Å². The average molecular weight is 281 g/mol. The largest absolute Gasteiger partial charge is 0.383 e. The number of imidazole rings is 1. The molecule has 114 valence electrons. The Hall–Kier alpha value is -0.950. The molecule has 0 saturated carbocycles. The normalized spacial score (nSPS) is 21.4. The van der Waals surface area contributed by atoms with Crippen LogP contribution in [0.4, 0.5) is 0 Å². The summed E-state index contributed by atoms with van der Waals surface area (Å²) in [5.74, 6) is 0. The van der Waals surface area contributed by atoms with E-state index in [1.807, 2.05) is 12.5 Å². The molecule has 1 atom stereocenters. The molecule has 0 spiro atoms. The zero-order valence-electron chi connectivity index (χ0n) is 12.9. The van der Waals surface area contributed by atoms with Crippen LogP contribution in [0.25, 0.3) is 0 Å². The zero-order chi connectivity index (χ0) is 14.4. The van der Waals surface area contributed by atoms with Crippen molar-refractivity contribution >= 4 is 0 Å². The highest BCUT2D eigenvalue weighted by Crippen LogP contribution is 2.10. The molecule has 1 saturated heterocycles. The summed E-state index contributed by atoms with van der Waals surface area (Å²) in [5.41, 5.74) is 1.24. The fourth-order valence-corrected chi connectivity index (χ4v) is 2.58. The number of nitrogens with zero attached hydrogens (tertiary/aromatic N) is 4. The van der Waals surface area contributed by atoms with E-state index in [0.29, 0.717) is 6.04 Å². The third-order valence-corrected chi connectivity index (χ3v) is 3.98. The molecule has 0 radical (unpaired) electrons. The summed E-state index contributed by atoms with van der Waals surface area (Å²) in [6, 6.07) is 0.556. The Balaban J connectivity index is 1.87. The number of piperazine rings is 1. The van der Waals surface area contributed by atoms with Crippen molar-refractivity contribution in [2.45, 2.75) is 19.1 Å². The number of methoxy groups -OCH3 is 1. The molecule has 2 heterocycles. The molecule has 6 nitrogen and oxygen atoms in total. The molecule has 20 heavy (non-hydrogen) atoms. The monoisotopic (exact) mass is 281 g/mol. The Morgan fingerprint density at radius 1 is 1.40 bits per heavy atom. The molecule has 1 aliphatic rings. The van der Waals surface area contributed by atoms with Crippen LogP contribution in [0.2, 0.25) is 0 Å². The lowest BCUT2D eigenvalue weighted by Gasteiger charge is -2.38. The van der Waals surface area contributed by atoms with Crippen molar-refractivity contribution < 1.29 is 4.74 Å². The SMILES string of the molecule is COCCNCc1cncn1CC1CN(C)CCN1C. The van der Waals surface area contributed by atoms with E-state index in [-0.39, 0.29) is 0 Å². The van der Waals surface area contributed by atoms with Crippen molar-refractivity contribution in [1.29, 1.82) is 0 Å². The van der Waals surface area contributed by atoms with Gasteiger partial charge in [0.05, 0.1) is 18.6 Å². The number of hydrogen-bond donors (Lipinski definition) is 1. The standard InChI is InChI=1S/C14H27N5O/c1-17-5-6-18(2)14(10-17)11-19-12-16-9-13(19)8-15-4-7-20-3/h9,12,14-15H,4-8,10-11H2,1-3H3. The van der Waals surface area contributed by atoms with Gasteiger partial charge in [0.1, 0.15) is 0 Å². The second kappa shape index (κ2) is 7.73. The first kappa shape index (κ1) is 15.4. The number of nitrogens with one attached hydrogen (secondary N) is 1. The van der Waals surface area contributed by atoms with Gasteiger partial charge in [-0.05, 0) is 14.1 Å². The van der Waals surface area contributed by atoms with Gasteiger partial charge in [0.15, 0.2) is 0 Å². The van der Waals surface area contributed by atoms with Gasteiger partial charge in [-0.25, -0.2) is 4.98 Å². The highest BCUT2D eigenvalue weighted by molar-refractivity contribution is 4.99. The van der Waals surface area contributed by atoms with E-state index in [1.54, 1.807) is 7.11 Å². The van der Waals surface area contributed by atoms with E-state index in [2.05, 4.69) is 38.8 Å². The molecule has 2 rings (SSSR count). The van der Waals surface area contributed by atoms with Gasteiger partial charge >= 0.3 is 0 Å². The minimum absolute atomic E-state index is 0.556. The number of aromatic nitrogens is 2. The van der Waals surface area contributed by atoms with Gasteiger partial charge in [-0.3, -0.25) is 4.90 Å². The van der Waals surface area contributed by atoms with Crippen LogP contribution in [0.1, 0.15) is 5.69 Å². The third kappa shape index (κ3) is 4.28. The summed E-state index contributed by atoms with van der Waals surface area (Å²) in [4.78, 5) is 9.14. The number of ether oxygens (including phenoxy) is 1. The van der Waals surface area contributed by atoms with Crippen LogP contribution in [0.5, 0.6) is 0 Å². The van der Waals surface area contributed by atoms with Crippen molar-refractivity contribution in [3.05, 3.63) is 18.2 Å². The second-order valence-electron chi connectivity index (χ2n) is 5.60. The highest BCUT2D eigenvalue weighted by atomic mass is 16.5. The Morgan fingerprint density at radius 2 is 2.25 bits per heavy atom. The van der Waals surface area contributed by atoms with E-state index in [9.17, 15) is 0 Å². The maximum absolute atomic E-state index is 5.04. The maximum Gasteiger partial charge on any atom is 0.0949 e. The van der Waals surface area contributed by atoms with E-state index < -0.39 is 0 Å². The fourth-order valence-electron chi connectivity index (χ4n) is 2.58. The van der Waals surface area contributed by atoms with Crippen LogP contribution in [0.15, 0.2) is 12.5 Å². The average Bonchev–Trinajstić information content (AvgIpc) is 2.86. The van der Waals surface area contributed by atoms with Gasteiger partial charge in [-0.1, -0.05) is 0 Å². The first-order valence-corrected chi connectivity index (χ1v) is 7.28. The number of hydrogen-bond acceptors (Lipinski definition) is 5. The smallest absolute Gasteiger partial charge is 0.0949 e. The summed E-state index contributed by atoms with van der Waals surface area (Å²) in [6.07, 6.45) is 3.89. The lowest BCUT2D eigenvalue weighted by molar-refractivity contribution is 0.102. The van der Waals surface area contributed by atoms with Crippen molar-refractivity contribution in [2.24, 2.45) is 0 Å². The van der Waals surface area contributed by atoms with Crippen LogP contribution >= 0.6 is 0 Å². The first-order chi connectivity index (χ1) is 9.70. The minimum Gasteiger partial charge on any atom is -0.383 e. The Bertz CT molecular complexity index is 395. The molecule has 1 aliphatic heterocycles. The van der Waals surface area contributed by atoms with Crippen LogP contribution in [-0.4, -0.2) is 79.4 Å². The predicted molar refractivity (Wildman–Crippen MR) is 79.7 cm³/mol. The van der Waals surface area contributed by atoms with E-state index in [0.717, 1.165) is 45.9 Å². The summed E-state index contributed by atoms with van der Waals surface area (Å²) < 4.78 is 7.31. The summed E-state index contributed by atoms with van der Waals surface area (Å²) >= 11 is 0. The molecule has 0 aromatic carbocycles. The Kier molecular flexibility index (Phi) is 5.97. The third-order valence-electron chi connectivity index (χ3n) is 3.98. The Labute approximate surface area is 121 Å². The van der Waals surface area contributed by atoms with Crippen LogP contribution in [-0.2, 0) is 17.8 Å². The topological polar surface area (TPSA) is 45.6 Å². The Morgan fingerprint density at radius 3 is 3.05 bits per heavy atom. The van der Waals surface area contributed by atoms with Crippen LogP contribution in [0.3, 0.4) is 0 Å². The molecule has 0 bridgehead atoms. The molecule has 1 aromatic rings. The zero-order valence-corrected chi connectivity index (χ0v) is 12.9. The van der Waals surface area contributed by atoms with Gasteiger partial charge in [-0.15, -0.1) is 0 Å². The van der Waals surface area contributed by atoms with Crippen molar-refractivity contribution in [3.8, 4) is 0 Å². The molecule has 0 amide bonds. The first-order valence-electron chi connectivity index (χ1n) is 7.28. The maximum atomic E-state index is 5.04. The molecule has 0 aliphatic carbocycles. The number of likely N-dealkylation sites (N-methyl/N-ethyl adjacent to an activating group) is 2. The molecule has 1 aromatic heterocycles. The van der Waals surface area contributed by atoms with Crippen molar-refractivity contribution in [2.75, 3.05) is 54.0 Å². The van der Waals surface area contributed by atoms with Crippen LogP contribution in [0, 0.1) is 0 Å². The van der Waals surface area contributed by atoms with Gasteiger partial charge < -0.3 is 19.5 Å². The molecule has 6 heteroatoms. The highest BCUT2D eigenvalue weighted by Gasteiger charge is 2.22. The molecule has 1 fully saturated rings. The molecular weight excluding hydrogens is 254 g/mol. The molecular formula is C14H27N5O. The summed E-state index contributed by atoms with van der Waals surface area (Å²) in [5, 5.41) is 3.38. The quantitative estimate of drug-likeness (QED) is 0.705. The lowest BCUT2D eigenvalue weighted by Crippen LogP contribution is -2.51. The lowest BCUT2D eigenvalue weighted by atomic mass is 10.2. The van der Waals surface area contributed by atoms with Crippen molar-refractivity contribution in [1.82, 2.24) is 24.7 Å². The van der Waals surface area contributed by atoms with Gasteiger partial charge in [0, 0.05) is 58.6 Å². The molecule has 1 N–H and O–H groups in total. The number of rotatable bonds is 7. The summed E-state index contributed by atoms with van der Waals surface area (Å²) in [7, 11) is 6.13. The van der Waals surface area contributed by atoms with Gasteiger partial charge in [0.2, 0.25) is 0 Å². The van der Waals surface area contributed by atoms with Crippen molar-refractivity contribution in [3.63, 3.8) is 0 Å². The van der Waals surface area contributed by atoms with Crippen LogP contribution < -0.4 is 5.32 Å². The second-order valence-corrected chi connectivity index (χ2v) is 5.60. The summed E-state index contributed by atoms with van der Waals surface area (Å²) in [6.45, 7) is 6.86. The van der Waals surface area contributed by atoms with Gasteiger partial charge in [-0.2, -0.15) is 0 Å². The minimum atomic E-state index is 0.556. The molecule has 1 unspecified atom stereocenters. The van der Waals surface area contributed by atoms with Gasteiger partial charge in [0.25, 0.3) is 0 Å². The van der Waals surface area contributed by atoms with E-state index >= 15 is 0 Å². The van der Waals surface area contributed by atoms with E-state index in [1.165, 1.54) is 5.69 Å². The predicted octanol–water partition coefficient (Wildman–Crippen LogP) is -0.135. The fraction of sp³-hybridized carbons (Fsp3) is 0.786.